The van der Waals surface area contributed by atoms with Crippen LogP contribution >= 0.6 is 11.5 Å². The maximum atomic E-state index is 12.2. The molecule has 4 heterocycles. The summed E-state index contributed by atoms with van der Waals surface area (Å²) >= 11 is 1.60. The van der Waals surface area contributed by atoms with Crippen molar-refractivity contribution in [2.24, 2.45) is 0 Å². The molecule has 2 aromatic carbocycles. The quantitative estimate of drug-likeness (QED) is 0.503. The van der Waals surface area contributed by atoms with E-state index in [0.717, 1.165) is 73.4 Å². The molecule has 0 saturated carbocycles. The fourth-order valence-electron chi connectivity index (χ4n) is 4.97. The van der Waals surface area contributed by atoms with Crippen LogP contribution in [-0.2, 0) is 24.4 Å². The number of aryl methyl sites for hydroxylation is 1. The Kier molecular flexibility index (Phi) is 5.17. The summed E-state index contributed by atoms with van der Waals surface area (Å²) in [6.07, 6.45) is 2.18. The summed E-state index contributed by atoms with van der Waals surface area (Å²) in [5.74, 6) is 1.15. The smallest absolute Gasteiger partial charge is 0.254 e. The maximum Gasteiger partial charge on any atom is 0.254 e. The third-order valence-corrected chi connectivity index (χ3v) is 7.58. The molecular formula is C25H26N4O2S. The predicted octanol–water partition coefficient (Wildman–Crippen LogP) is 3.92. The molecule has 0 amide bonds. The van der Waals surface area contributed by atoms with Gasteiger partial charge in [0.2, 0.25) is 0 Å². The number of rotatable bonds is 5. The van der Waals surface area contributed by atoms with Gasteiger partial charge in [0.15, 0.2) is 0 Å². The van der Waals surface area contributed by atoms with Crippen LogP contribution in [0.4, 0.5) is 5.82 Å². The van der Waals surface area contributed by atoms with Crippen LogP contribution in [0.5, 0.6) is 0 Å². The van der Waals surface area contributed by atoms with Crippen molar-refractivity contribution < 1.29 is 4.74 Å². The highest BCUT2D eigenvalue weighted by Gasteiger charge is 2.21. The summed E-state index contributed by atoms with van der Waals surface area (Å²) in [5.41, 5.74) is 4.08. The van der Waals surface area contributed by atoms with Crippen LogP contribution in [0.1, 0.15) is 23.1 Å². The van der Waals surface area contributed by atoms with Crippen molar-refractivity contribution in [3.05, 3.63) is 69.5 Å². The van der Waals surface area contributed by atoms with Gasteiger partial charge < -0.3 is 14.6 Å². The number of hydrogen-bond acceptors (Lipinski definition) is 6. The van der Waals surface area contributed by atoms with E-state index in [0.29, 0.717) is 13.2 Å². The Morgan fingerprint density at radius 3 is 2.75 bits per heavy atom. The largest absolute Gasteiger partial charge is 0.372 e. The Hall–Kier alpha value is -2.74. The molecule has 0 bridgehead atoms. The molecule has 0 radical (unpaired) electrons. The van der Waals surface area contributed by atoms with Gasteiger partial charge in [-0.2, -0.15) is 4.37 Å². The number of ether oxygens (including phenoxy) is 1. The third kappa shape index (κ3) is 3.60. The Labute approximate surface area is 190 Å². The average Bonchev–Trinajstić information content (AvgIpc) is 3.48. The molecule has 2 aromatic heterocycles. The van der Waals surface area contributed by atoms with Crippen molar-refractivity contribution in [3.8, 4) is 0 Å². The molecule has 164 valence electrons. The minimum atomic E-state index is -0.0115. The van der Waals surface area contributed by atoms with E-state index in [9.17, 15) is 4.79 Å². The predicted molar refractivity (Wildman–Crippen MR) is 130 cm³/mol. The molecule has 0 unspecified atom stereocenters. The number of aromatic amines is 1. The highest BCUT2D eigenvalue weighted by atomic mass is 32.1. The number of pyridine rings is 1. The number of fused-ring (bicyclic) bond motifs is 4. The summed E-state index contributed by atoms with van der Waals surface area (Å²) in [7, 11) is 0. The van der Waals surface area contributed by atoms with Crippen molar-refractivity contribution in [3.63, 3.8) is 0 Å². The molecule has 1 fully saturated rings. The number of benzene rings is 2. The lowest BCUT2D eigenvalue weighted by molar-refractivity contribution is 0.134. The van der Waals surface area contributed by atoms with Crippen molar-refractivity contribution in [1.29, 1.82) is 0 Å². The molecule has 1 saturated heterocycles. The van der Waals surface area contributed by atoms with Gasteiger partial charge in [0, 0.05) is 48.0 Å². The monoisotopic (exact) mass is 446 g/mol. The van der Waals surface area contributed by atoms with Gasteiger partial charge in [-0.1, -0.05) is 18.2 Å². The van der Waals surface area contributed by atoms with Crippen molar-refractivity contribution in [1.82, 2.24) is 14.3 Å². The first-order valence-corrected chi connectivity index (χ1v) is 12.1. The van der Waals surface area contributed by atoms with E-state index in [1.165, 1.54) is 15.6 Å². The Morgan fingerprint density at radius 2 is 1.84 bits per heavy atom. The Balaban J connectivity index is 1.07. The number of piperazine rings is 1. The lowest BCUT2D eigenvalue weighted by Gasteiger charge is -2.35. The molecule has 1 N–H and O–H groups in total. The van der Waals surface area contributed by atoms with Crippen LogP contribution in [0.15, 0.2) is 47.3 Å². The molecule has 4 aromatic rings. The number of H-pyrrole nitrogens is 1. The third-order valence-electron chi connectivity index (χ3n) is 6.76. The second-order valence-corrected chi connectivity index (χ2v) is 9.52. The zero-order chi connectivity index (χ0) is 21.5. The fourth-order valence-corrected chi connectivity index (χ4v) is 5.76. The van der Waals surface area contributed by atoms with Crippen molar-refractivity contribution in [2.75, 3.05) is 37.6 Å². The zero-order valence-electron chi connectivity index (χ0n) is 18.0. The van der Waals surface area contributed by atoms with Crippen LogP contribution < -0.4 is 10.5 Å². The molecule has 6 rings (SSSR count). The highest BCUT2D eigenvalue weighted by molar-refractivity contribution is 7.13. The van der Waals surface area contributed by atoms with E-state index in [4.69, 9.17) is 9.11 Å². The van der Waals surface area contributed by atoms with Gasteiger partial charge in [-0.25, -0.2) is 0 Å². The first kappa shape index (κ1) is 19.9. The first-order valence-electron chi connectivity index (χ1n) is 11.3. The van der Waals surface area contributed by atoms with Crippen LogP contribution in [0.3, 0.4) is 0 Å². The molecule has 2 aliphatic rings. The van der Waals surface area contributed by atoms with Crippen LogP contribution in [-0.4, -0.2) is 47.0 Å². The van der Waals surface area contributed by atoms with Gasteiger partial charge in [-0.3, -0.25) is 9.69 Å². The van der Waals surface area contributed by atoms with Gasteiger partial charge in [0.05, 0.1) is 17.9 Å². The lowest BCUT2D eigenvalue weighted by atomic mass is 10.0. The summed E-state index contributed by atoms with van der Waals surface area (Å²) in [6, 6.07) is 14.9. The number of nitrogens with zero attached hydrogens (tertiary/aromatic N) is 3. The lowest BCUT2D eigenvalue weighted by Crippen LogP contribution is -2.46. The van der Waals surface area contributed by atoms with Gasteiger partial charge in [0.25, 0.3) is 5.56 Å². The Morgan fingerprint density at radius 1 is 1.00 bits per heavy atom. The van der Waals surface area contributed by atoms with Crippen molar-refractivity contribution in [2.45, 2.75) is 26.1 Å². The molecule has 0 aliphatic carbocycles. The highest BCUT2D eigenvalue weighted by Crippen LogP contribution is 2.30. The SMILES string of the molecule is O=c1[nH]c2ccc(CCCN3CCN(c4nsc5ccccc45)CC3)cc2c2c1COC2. The average molecular weight is 447 g/mol. The van der Waals surface area contributed by atoms with Crippen LogP contribution in [0.25, 0.3) is 21.0 Å². The van der Waals surface area contributed by atoms with E-state index in [-0.39, 0.29) is 5.56 Å². The van der Waals surface area contributed by atoms with E-state index < -0.39 is 0 Å². The second kappa shape index (κ2) is 8.31. The van der Waals surface area contributed by atoms with Gasteiger partial charge in [0.1, 0.15) is 5.82 Å². The van der Waals surface area contributed by atoms with E-state index in [1.807, 2.05) is 6.07 Å². The van der Waals surface area contributed by atoms with E-state index in [1.54, 1.807) is 11.5 Å². The zero-order valence-corrected chi connectivity index (χ0v) is 18.8. The summed E-state index contributed by atoms with van der Waals surface area (Å²) < 4.78 is 11.5. The minimum absolute atomic E-state index is 0.0115. The molecule has 32 heavy (non-hydrogen) atoms. The molecule has 7 heteroatoms. The maximum absolute atomic E-state index is 12.2. The molecular weight excluding hydrogens is 420 g/mol. The standard InChI is InChI=1S/C25H26N4O2S/c30-25-21-16-31-15-20(21)19-14-17(7-8-22(19)26-25)4-3-9-28-10-12-29(13-11-28)24-18-5-1-2-6-23(18)32-27-24/h1-2,5-8,14H,3-4,9-13,15-16H2,(H,26,30). The number of anilines is 1. The number of nitrogens with one attached hydrogen (secondary N) is 1. The number of hydrogen-bond donors (Lipinski definition) is 1. The fraction of sp³-hybridized carbons (Fsp3) is 0.360. The minimum Gasteiger partial charge on any atom is -0.372 e. The van der Waals surface area contributed by atoms with Crippen LogP contribution in [0.2, 0.25) is 0 Å². The molecule has 6 nitrogen and oxygen atoms in total. The Bertz CT molecular complexity index is 1340. The summed E-state index contributed by atoms with van der Waals surface area (Å²) in [5, 5.41) is 2.42. The molecule has 0 atom stereocenters. The number of aromatic nitrogens is 2. The van der Waals surface area contributed by atoms with Gasteiger partial charge in [-0.05, 0) is 66.3 Å². The topological polar surface area (TPSA) is 61.5 Å². The van der Waals surface area contributed by atoms with Gasteiger partial charge in [-0.15, -0.1) is 0 Å². The summed E-state index contributed by atoms with van der Waals surface area (Å²) in [4.78, 5) is 20.2. The summed E-state index contributed by atoms with van der Waals surface area (Å²) in [6.45, 7) is 6.29. The molecule has 0 spiro atoms. The normalized spacial score (nSPS) is 16.8. The first-order chi connectivity index (χ1) is 15.8. The molecule has 2 aliphatic heterocycles. The van der Waals surface area contributed by atoms with Crippen LogP contribution in [0, 0.1) is 0 Å². The van der Waals surface area contributed by atoms with E-state index >= 15 is 0 Å². The van der Waals surface area contributed by atoms with E-state index in [2.05, 4.69) is 51.2 Å². The second-order valence-electron chi connectivity index (χ2n) is 8.72. The van der Waals surface area contributed by atoms with Gasteiger partial charge >= 0.3 is 0 Å². The van der Waals surface area contributed by atoms with Crippen molar-refractivity contribution >= 4 is 38.3 Å².